The first kappa shape index (κ1) is 26.1. The number of benzene rings is 4. The van der Waals surface area contributed by atoms with Crippen LogP contribution >= 0.6 is 0 Å². The first-order valence-electron chi connectivity index (χ1n) is 13.5. The Morgan fingerprint density at radius 3 is 2.32 bits per heavy atom. The summed E-state index contributed by atoms with van der Waals surface area (Å²) in [6, 6.07) is 30.6. The van der Waals surface area contributed by atoms with Crippen LogP contribution in [0.5, 0.6) is 5.75 Å². The molecular formula is C34H29N3O4. The topological polar surface area (TPSA) is 82.5 Å². The summed E-state index contributed by atoms with van der Waals surface area (Å²) < 4.78 is 13.2. The van der Waals surface area contributed by atoms with E-state index >= 15 is 0 Å². The molecule has 0 aliphatic heterocycles. The van der Waals surface area contributed by atoms with Crippen LogP contribution in [-0.4, -0.2) is 34.6 Å². The Labute approximate surface area is 237 Å². The molecule has 1 N–H and O–H groups in total. The number of ether oxygens (including phenoxy) is 2. The van der Waals surface area contributed by atoms with Crippen molar-refractivity contribution in [3.63, 3.8) is 0 Å². The molecule has 0 aliphatic rings. The SMILES string of the molecule is CCn1c2ccccc2c2cc(NC(=O)[C@@H](C)OC(=O)c3cc(-c4ccc(OC)cc4)nc4ccccc34)ccc21. The van der Waals surface area contributed by atoms with Crippen molar-refractivity contribution in [1.29, 1.82) is 0 Å². The van der Waals surface area contributed by atoms with Crippen LogP contribution in [-0.2, 0) is 16.1 Å². The minimum Gasteiger partial charge on any atom is -0.497 e. The molecule has 0 fully saturated rings. The van der Waals surface area contributed by atoms with Crippen molar-refractivity contribution in [2.45, 2.75) is 26.5 Å². The number of anilines is 1. The van der Waals surface area contributed by atoms with E-state index < -0.39 is 18.0 Å². The lowest BCUT2D eigenvalue weighted by molar-refractivity contribution is -0.123. The van der Waals surface area contributed by atoms with Crippen LogP contribution in [0.15, 0.2) is 97.1 Å². The second-order valence-corrected chi connectivity index (χ2v) is 9.83. The lowest BCUT2D eigenvalue weighted by Crippen LogP contribution is -2.30. The number of rotatable bonds is 7. The van der Waals surface area contributed by atoms with E-state index in [1.165, 1.54) is 0 Å². The average molecular weight is 544 g/mol. The number of para-hydroxylation sites is 2. The fourth-order valence-electron chi connectivity index (χ4n) is 5.25. The van der Waals surface area contributed by atoms with Crippen molar-refractivity contribution in [3.8, 4) is 17.0 Å². The number of nitrogens with zero attached hydrogens (tertiary/aromatic N) is 2. The molecule has 2 aromatic heterocycles. The van der Waals surface area contributed by atoms with E-state index in [1.807, 2.05) is 78.9 Å². The number of pyridine rings is 1. The molecule has 2 heterocycles. The van der Waals surface area contributed by atoms with E-state index in [2.05, 4.69) is 28.9 Å². The van der Waals surface area contributed by atoms with Crippen LogP contribution in [0.1, 0.15) is 24.2 Å². The van der Waals surface area contributed by atoms with Gasteiger partial charge in [0.15, 0.2) is 6.10 Å². The third-order valence-corrected chi connectivity index (χ3v) is 7.33. The lowest BCUT2D eigenvalue weighted by atomic mass is 10.0. The van der Waals surface area contributed by atoms with E-state index in [4.69, 9.17) is 14.5 Å². The first-order chi connectivity index (χ1) is 20.0. The zero-order chi connectivity index (χ0) is 28.5. The van der Waals surface area contributed by atoms with Gasteiger partial charge in [-0.05, 0) is 74.5 Å². The van der Waals surface area contributed by atoms with Crippen LogP contribution < -0.4 is 10.1 Å². The normalized spacial score (nSPS) is 12.0. The molecule has 0 saturated carbocycles. The predicted octanol–water partition coefficient (Wildman–Crippen LogP) is 7.22. The van der Waals surface area contributed by atoms with Crippen molar-refractivity contribution in [2.75, 3.05) is 12.4 Å². The van der Waals surface area contributed by atoms with Crippen molar-refractivity contribution in [2.24, 2.45) is 0 Å². The number of aromatic nitrogens is 2. The Morgan fingerprint density at radius 1 is 0.854 bits per heavy atom. The molecular weight excluding hydrogens is 514 g/mol. The zero-order valence-corrected chi connectivity index (χ0v) is 23.0. The summed E-state index contributed by atoms with van der Waals surface area (Å²) in [6.45, 7) is 4.53. The van der Waals surface area contributed by atoms with Gasteiger partial charge in [0, 0.05) is 45.0 Å². The number of hydrogen-bond donors (Lipinski definition) is 1. The van der Waals surface area contributed by atoms with Gasteiger partial charge < -0.3 is 19.4 Å². The predicted molar refractivity (Wildman–Crippen MR) is 162 cm³/mol. The molecule has 0 radical (unpaired) electrons. The highest BCUT2D eigenvalue weighted by Crippen LogP contribution is 2.31. The Bertz CT molecular complexity index is 1920. The van der Waals surface area contributed by atoms with E-state index in [1.54, 1.807) is 20.1 Å². The smallest absolute Gasteiger partial charge is 0.339 e. The third kappa shape index (κ3) is 4.87. The average Bonchev–Trinajstić information content (AvgIpc) is 3.33. The molecule has 7 heteroatoms. The summed E-state index contributed by atoms with van der Waals surface area (Å²) in [6.07, 6.45) is -1.02. The second-order valence-electron chi connectivity index (χ2n) is 9.83. The fraction of sp³-hybridized carbons (Fsp3) is 0.147. The molecule has 0 saturated heterocycles. The molecule has 6 aromatic rings. The number of fused-ring (bicyclic) bond motifs is 4. The summed E-state index contributed by atoms with van der Waals surface area (Å²) in [7, 11) is 1.61. The lowest BCUT2D eigenvalue weighted by Gasteiger charge is -2.15. The van der Waals surface area contributed by atoms with Gasteiger partial charge in [0.05, 0.1) is 23.9 Å². The van der Waals surface area contributed by atoms with E-state index in [0.717, 1.165) is 39.7 Å². The Hall–Kier alpha value is -5.17. The van der Waals surface area contributed by atoms with Crippen LogP contribution in [0.25, 0.3) is 44.0 Å². The van der Waals surface area contributed by atoms with Gasteiger partial charge in [-0.2, -0.15) is 0 Å². The number of carbonyl (C=O) groups excluding carboxylic acids is 2. The fourth-order valence-corrected chi connectivity index (χ4v) is 5.25. The largest absolute Gasteiger partial charge is 0.497 e. The molecule has 0 spiro atoms. The monoisotopic (exact) mass is 543 g/mol. The number of carbonyl (C=O) groups is 2. The number of nitrogens with one attached hydrogen (secondary N) is 1. The van der Waals surface area contributed by atoms with Gasteiger partial charge in [-0.3, -0.25) is 4.79 Å². The minimum absolute atomic E-state index is 0.342. The Balaban J connectivity index is 1.25. The van der Waals surface area contributed by atoms with Gasteiger partial charge >= 0.3 is 5.97 Å². The summed E-state index contributed by atoms with van der Waals surface area (Å²) in [5.74, 6) is -0.280. The maximum atomic E-state index is 13.4. The van der Waals surface area contributed by atoms with Crippen LogP contribution in [0.4, 0.5) is 5.69 Å². The highest BCUT2D eigenvalue weighted by molar-refractivity contribution is 6.10. The van der Waals surface area contributed by atoms with Gasteiger partial charge in [-0.1, -0.05) is 36.4 Å². The molecule has 0 aliphatic carbocycles. The molecule has 6 rings (SSSR count). The number of hydrogen-bond acceptors (Lipinski definition) is 5. The standard InChI is InChI=1S/C34H29N3O4/c1-4-37-31-12-8-6-10-26(31)27-19-23(15-18-32(27)37)35-33(38)21(2)41-34(39)28-20-30(22-13-16-24(40-3)17-14-22)36-29-11-7-5-9-25(28)29/h5-21H,4H2,1-3H3,(H,35,38)/t21-/m1/s1. The summed E-state index contributed by atoms with van der Waals surface area (Å²) in [5.41, 5.74) is 5.34. The molecule has 1 atom stereocenters. The second kappa shape index (κ2) is 10.8. The minimum atomic E-state index is -1.02. The van der Waals surface area contributed by atoms with Crippen molar-refractivity contribution < 1.29 is 19.1 Å². The molecule has 41 heavy (non-hydrogen) atoms. The quantitative estimate of drug-likeness (QED) is 0.215. The number of amides is 1. The molecule has 0 bridgehead atoms. The zero-order valence-electron chi connectivity index (χ0n) is 23.0. The maximum absolute atomic E-state index is 13.4. The summed E-state index contributed by atoms with van der Waals surface area (Å²) in [5, 5.41) is 5.75. The van der Waals surface area contributed by atoms with Crippen molar-refractivity contribution in [3.05, 3.63) is 103 Å². The Kier molecular flexibility index (Phi) is 6.85. The summed E-state index contributed by atoms with van der Waals surface area (Å²) >= 11 is 0. The Morgan fingerprint density at radius 2 is 1.56 bits per heavy atom. The van der Waals surface area contributed by atoms with Crippen LogP contribution in [0.2, 0.25) is 0 Å². The van der Waals surface area contributed by atoms with E-state index in [-0.39, 0.29) is 0 Å². The van der Waals surface area contributed by atoms with Gasteiger partial charge in [-0.25, -0.2) is 9.78 Å². The van der Waals surface area contributed by atoms with Gasteiger partial charge in [0.2, 0.25) is 0 Å². The van der Waals surface area contributed by atoms with Crippen molar-refractivity contribution in [1.82, 2.24) is 9.55 Å². The van der Waals surface area contributed by atoms with E-state index in [9.17, 15) is 9.59 Å². The molecule has 204 valence electrons. The van der Waals surface area contributed by atoms with Crippen molar-refractivity contribution >= 4 is 50.3 Å². The number of aryl methyl sites for hydroxylation is 1. The molecule has 0 unspecified atom stereocenters. The third-order valence-electron chi connectivity index (χ3n) is 7.33. The van der Waals surface area contributed by atoms with Crippen LogP contribution in [0, 0.1) is 0 Å². The molecule has 4 aromatic carbocycles. The summed E-state index contributed by atoms with van der Waals surface area (Å²) in [4.78, 5) is 31.3. The van der Waals surface area contributed by atoms with Gasteiger partial charge in [-0.15, -0.1) is 0 Å². The molecule has 7 nitrogen and oxygen atoms in total. The van der Waals surface area contributed by atoms with E-state index in [0.29, 0.717) is 27.8 Å². The maximum Gasteiger partial charge on any atom is 0.339 e. The first-order valence-corrected chi connectivity index (χ1v) is 13.5. The van der Waals surface area contributed by atoms with Crippen LogP contribution in [0.3, 0.4) is 0 Å². The van der Waals surface area contributed by atoms with Gasteiger partial charge in [0.1, 0.15) is 5.75 Å². The van der Waals surface area contributed by atoms with Gasteiger partial charge in [0.25, 0.3) is 5.91 Å². The molecule has 1 amide bonds. The highest BCUT2D eigenvalue weighted by Gasteiger charge is 2.22. The number of esters is 1. The number of methoxy groups -OCH3 is 1. The highest BCUT2D eigenvalue weighted by atomic mass is 16.5.